The van der Waals surface area contributed by atoms with Gasteiger partial charge in [-0.1, -0.05) is 54.1 Å². The highest BCUT2D eigenvalue weighted by Crippen LogP contribution is 2.37. The van der Waals surface area contributed by atoms with E-state index in [0.717, 1.165) is 11.1 Å². The third-order valence-electron chi connectivity index (χ3n) is 6.04. The lowest BCUT2D eigenvalue weighted by Crippen LogP contribution is -2.17. The summed E-state index contributed by atoms with van der Waals surface area (Å²) in [6.07, 6.45) is 1.45. The molecule has 0 aromatic heterocycles. The number of hydrogen-bond acceptors (Lipinski definition) is 7. The number of carbonyl (C=O) groups excluding carboxylic acids is 1. The number of benzene rings is 4. The average molecular weight is 603 g/mol. The molecule has 0 bridgehead atoms. The van der Waals surface area contributed by atoms with Crippen LogP contribution in [0.25, 0.3) is 0 Å². The van der Waals surface area contributed by atoms with E-state index in [-0.39, 0.29) is 17.2 Å². The molecule has 43 heavy (non-hydrogen) atoms. The first-order chi connectivity index (χ1) is 20.9. The molecular weight excluding hydrogens is 572 g/mol. The van der Waals surface area contributed by atoms with Gasteiger partial charge in [-0.15, -0.1) is 0 Å². The molecule has 2 N–H and O–H groups in total. The van der Waals surface area contributed by atoms with Gasteiger partial charge in [-0.2, -0.15) is 5.10 Å². The fourth-order valence-electron chi connectivity index (χ4n) is 3.97. The molecule has 4 aromatic rings. The van der Waals surface area contributed by atoms with Crippen molar-refractivity contribution in [3.05, 3.63) is 118 Å². The highest BCUT2D eigenvalue weighted by molar-refractivity contribution is 6.32. The monoisotopic (exact) mass is 602 g/mol. The molecule has 0 saturated carbocycles. The van der Waals surface area contributed by atoms with Crippen molar-refractivity contribution in [3.8, 4) is 23.0 Å². The van der Waals surface area contributed by atoms with E-state index in [1.807, 2.05) is 44.2 Å². The van der Waals surface area contributed by atoms with Crippen molar-refractivity contribution in [2.24, 2.45) is 5.10 Å². The summed E-state index contributed by atoms with van der Waals surface area (Å²) in [4.78, 5) is 23.9. The molecule has 0 spiro atoms. The maximum absolute atomic E-state index is 12.8. The van der Waals surface area contributed by atoms with Crippen LogP contribution in [-0.2, 0) is 13.2 Å². The number of nitrogens with zero attached hydrogens (tertiary/aromatic N) is 1. The number of amides is 1. The van der Waals surface area contributed by atoms with Gasteiger partial charge in [0.1, 0.15) is 13.2 Å². The second kappa shape index (κ2) is 15.3. The van der Waals surface area contributed by atoms with Crippen LogP contribution < -0.4 is 24.4 Å². The largest absolute Gasteiger partial charge is 0.490 e. The summed E-state index contributed by atoms with van der Waals surface area (Å²) < 4.78 is 23.3. The van der Waals surface area contributed by atoms with Crippen LogP contribution in [0.4, 0.5) is 0 Å². The van der Waals surface area contributed by atoms with Gasteiger partial charge < -0.3 is 24.1 Å². The Bertz CT molecular complexity index is 1570. The fourth-order valence-corrected chi connectivity index (χ4v) is 4.24. The number of hydrazone groups is 1. The van der Waals surface area contributed by atoms with E-state index >= 15 is 0 Å². The number of carboxylic acids is 1. The molecule has 0 radical (unpaired) electrons. The summed E-state index contributed by atoms with van der Waals surface area (Å²) in [7, 11) is 0. The van der Waals surface area contributed by atoms with Crippen molar-refractivity contribution in [1.82, 2.24) is 5.43 Å². The smallest absolute Gasteiger partial charge is 0.335 e. The molecule has 0 aliphatic rings. The number of hydrogen-bond donors (Lipinski definition) is 2. The molecule has 0 atom stereocenters. The van der Waals surface area contributed by atoms with Crippen LogP contribution in [0, 0.1) is 0 Å². The third-order valence-corrected chi connectivity index (χ3v) is 6.32. The van der Waals surface area contributed by atoms with Gasteiger partial charge in [0.05, 0.1) is 30.0 Å². The lowest BCUT2D eigenvalue weighted by molar-refractivity contribution is 0.0696. The highest BCUT2D eigenvalue weighted by atomic mass is 35.5. The summed E-state index contributed by atoms with van der Waals surface area (Å²) in [5.41, 5.74) is 5.41. The minimum atomic E-state index is -1.00. The van der Waals surface area contributed by atoms with E-state index in [1.54, 1.807) is 42.5 Å². The first kappa shape index (κ1) is 30.9. The van der Waals surface area contributed by atoms with Gasteiger partial charge in [-0.3, -0.25) is 4.79 Å². The fraction of sp³-hybridized carbons (Fsp3) is 0.182. The second-order valence-corrected chi connectivity index (χ2v) is 9.53. The predicted molar refractivity (Wildman–Crippen MR) is 164 cm³/mol. The van der Waals surface area contributed by atoms with Crippen LogP contribution in [-0.4, -0.2) is 36.4 Å². The normalized spacial score (nSPS) is 10.8. The number of aromatic carboxylic acids is 1. The number of nitrogens with one attached hydrogen (secondary N) is 1. The van der Waals surface area contributed by atoms with E-state index in [2.05, 4.69) is 10.5 Å². The van der Waals surface area contributed by atoms with E-state index in [9.17, 15) is 9.59 Å². The van der Waals surface area contributed by atoms with Gasteiger partial charge in [0.2, 0.25) is 0 Å². The summed E-state index contributed by atoms with van der Waals surface area (Å²) in [5, 5.41) is 13.4. The Balaban J connectivity index is 1.41. The Kier molecular flexibility index (Phi) is 11.0. The van der Waals surface area contributed by atoms with Gasteiger partial charge >= 0.3 is 5.97 Å². The maximum Gasteiger partial charge on any atom is 0.335 e. The quantitative estimate of drug-likeness (QED) is 0.121. The molecule has 4 rings (SSSR count). The van der Waals surface area contributed by atoms with Crippen molar-refractivity contribution in [3.63, 3.8) is 0 Å². The Labute approximate surface area is 254 Å². The molecule has 10 heteroatoms. The SMILES string of the molecule is CCOc1cc(C(=O)N/N=C/c2cc(Cl)c(OCc3ccc(C(=O)O)cc3)c(OCC)c2)ccc1OCc1ccccc1. The minimum absolute atomic E-state index is 0.156. The van der Waals surface area contributed by atoms with E-state index in [4.69, 9.17) is 35.7 Å². The highest BCUT2D eigenvalue weighted by Gasteiger charge is 2.14. The Morgan fingerprint density at radius 3 is 2.12 bits per heavy atom. The number of rotatable bonds is 14. The van der Waals surface area contributed by atoms with Gasteiger partial charge in [-0.25, -0.2) is 10.2 Å². The Morgan fingerprint density at radius 2 is 1.42 bits per heavy atom. The maximum atomic E-state index is 12.8. The summed E-state index contributed by atoms with van der Waals surface area (Å²) in [5.74, 6) is 0.291. The Hall–Kier alpha value is -5.02. The molecule has 4 aromatic carbocycles. The third kappa shape index (κ3) is 8.73. The molecule has 0 saturated heterocycles. The Morgan fingerprint density at radius 1 is 0.767 bits per heavy atom. The lowest BCUT2D eigenvalue weighted by atomic mass is 10.1. The first-order valence-corrected chi connectivity index (χ1v) is 13.9. The molecule has 1 amide bonds. The zero-order valence-electron chi connectivity index (χ0n) is 23.7. The molecular formula is C33H31ClN2O7. The van der Waals surface area contributed by atoms with Crippen LogP contribution in [0.2, 0.25) is 5.02 Å². The van der Waals surface area contributed by atoms with Crippen LogP contribution in [0.15, 0.2) is 90.0 Å². The molecule has 222 valence electrons. The van der Waals surface area contributed by atoms with Gasteiger partial charge in [0, 0.05) is 5.56 Å². The van der Waals surface area contributed by atoms with Crippen molar-refractivity contribution >= 4 is 29.7 Å². The molecule has 0 aliphatic carbocycles. The van der Waals surface area contributed by atoms with Crippen LogP contribution in [0.5, 0.6) is 23.0 Å². The van der Waals surface area contributed by atoms with Gasteiger partial charge in [-0.05, 0) is 73.0 Å². The molecule has 9 nitrogen and oxygen atoms in total. The molecule has 0 heterocycles. The van der Waals surface area contributed by atoms with Crippen LogP contribution in [0.1, 0.15) is 51.3 Å². The van der Waals surface area contributed by atoms with Crippen LogP contribution in [0.3, 0.4) is 0 Å². The van der Waals surface area contributed by atoms with Gasteiger partial charge in [0.25, 0.3) is 5.91 Å². The predicted octanol–water partition coefficient (Wildman–Crippen LogP) is 6.76. The zero-order chi connectivity index (χ0) is 30.6. The first-order valence-electron chi connectivity index (χ1n) is 13.6. The topological polar surface area (TPSA) is 116 Å². The summed E-state index contributed by atoms with van der Waals surface area (Å²) >= 11 is 6.51. The number of halogens is 1. The van der Waals surface area contributed by atoms with E-state index < -0.39 is 11.9 Å². The molecule has 0 unspecified atom stereocenters. The average Bonchev–Trinajstić information content (AvgIpc) is 3.01. The summed E-state index contributed by atoms with van der Waals surface area (Å²) in [6.45, 7) is 4.98. The minimum Gasteiger partial charge on any atom is -0.490 e. The standard InChI is InChI=1S/C33H31ClN2O7/c1-3-40-29-18-26(14-15-28(29)42-20-22-8-6-5-7-9-22)32(37)36-35-19-24-16-27(34)31(30(17-24)41-4-2)43-21-23-10-12-25(13-11-23)33(38)39/h5-19H,3-4,20-21H2,1-2H3,(H,36,37)(H,38,39)/b35-19+. The van der Waals surface area contributed by atoms with Gasteiger partial charge in [0.15, 0.2) is 23.0 Å². The second-order valence-electron chi connectivity index (χ2n) is 9.12. The summed E-state index contributed by atoms with van der Waals surface area (Å²) in [6, 6.07) is 24.4. The van der Waals surface area contributed by atoms with E-state index in [0.29, 0.717) is 53.9 Å². The molecule has 0 aliphatic heterocycles. The van der Waals surface area contributed by atoms with Crippen molar-refractivity contribution in [2.45, 2.75) is 27.1 Å². The van der Waals surface area contributed by atoms with E-state index in [1.165, 1.54) is 18.3 Å². The van der Waals surface area contributed by atoms with Crippen LogP contribution >= 0.6 is 11.6 Å². The number of ether oxygens (including phenoxy) is 4. The number of carbonyl (C=O) groups is 2. The van der Waals surface area contributed by atoms with Crippen molar-refractivity contribution in [1.29, 1.82) is 0 Å². The zero-order valence-corrected chi connectivity index (χ0v) is 24.5. The molecule has 0 fully saturated rings. The lowest BCUT2D eigenvalue weighted by Gasteiger charge is -2.14. The number of carboxylic acid groups (broad SMARTS) is 1. The van der Waals surface area contributed by atoms with Crippen molar-refractivity contribution in [2.75, 3.05) is 13.2 Å². The van der Waals surface area contributed by atoms with Crippen molar-refractivity contribution < 1.29 is 33.6 Å².